The number of hydrogen-bond acceptors (Lipinski definition) is 4. The molecule has 0 aromatic heterocycles. The van der Waals surface area contributed by atoms with Gasteiger partial charge in [-0.1, -0.05) is 13.3 Å². The number of rotatable bonds is 6. The summed E-state index contributed by atoms with van der Waals surface area (Å²) in [4.78, 5) is 22.8. The fraction of sp³-hybridized carbons (Fsp3) is 0.429. The topological polar surface area (TPSA) is 72.8 Å². The molecule has 5 heteroatoms. The molecule has 104 valence electrons. The maximum atomic E-state index is 11.6. The summed E-state index contributed by atoms with van der Waals surface area (Å²) in [5.41, 5.74) is 0.495. The first kappa shape index (κ1) is 15.0. The van der Waals surface area contributed by atoms with Crippen LogP contribution in [-0.4, -0.2) is 30.8 Å². The average Bonchev–Trinajstić information content (AvgIpc) is 2.37. The van der Waals surface area contributed by atoms with Crippen LogP contribution in [0.5, 0.6) is 5.75 Å². The molecule has 1 rings (SSSR count). The maximum absolute atomic E-state index is 11.6. The SMILES string of the molecule is CCCCOc1cc(C)c(C(=O)OC)c(C(=O)O)c1. The lowest BCUT2D eigenvalue weighted by Crippen LogP contribution is -2.13. The summed E-state index contributed by atoms with van der Waals surface area (Å²) in [5.74, 6) is -1.38. The second-order valence-corrected chi connectivity index (χ2v) is 4.16. The highest BCUT2D eigenvalue weighted by Crippen LogP contribution is 2.23. The molecule has 0 saturated carbocycles. The van der Waals surface area contributed by atoms with E-state index in [-0.39, 0.29) is 11.1 Å². The predicted octanol–water partition coefficient (Wildman–Crippen LogP) is 2.66. The van der Waals surface area contributed by atoms with Gasteiger partial charge in [-0.3, -0.25) is 0 Å². The first-order chi connectivity index (χ1) is 9.01. The molecule has 0 unspecified atom stereocenters. The van der Waals surface area contributed by atoms with Crippen molar-refractivity contribution in [3.8, 4) is 5.75 Å². The Balaban J connectivity index is 3.14. The van der Waals surface area contributed by atoms with Crippen LogP contribution >= 0.6 is 0 Å². The number of carbonyl (C=O) groups excluding carboxylic acids is 1. The largest absolute Gasteiger partial charge is 0.494 e. The van der Waals surface area contributed by atoms with Crippen molar-refractivity contribution >= 4 is 11.9 Å². The zero-order chi connectivity index (χ0) is 14.4. The lowest BCUT2D eigenvalue weighted by molar-refractivity contribution is 0.0581. The molecule has 0 aliphatic carbocycles. The maximum Gasteiger partial charge on any atom is 0.339 e. The van der Waals surface area contributed by atoms with Crippen molar-refractivity contribution in [1.29, 1.82) is 0 Å². The van der Waals surface area contributed by atoms with Gasteiger partial charge in [0, 0.05) is 0 Å². The van der Waals surface area contributed by atoms with Crippen molar-refractivity contribution in [2.24, 2.45) is 0 Å². The van der Waals surface area contributed by atoms with Gasteiger partial charge in [0.05, 0.1) is 24.8 Å². The number of benzene rings is 1. The molecule has 0 aliphatic heterocycles. The minimum Gasteiger partial charge on any atom is -0.494 e. The molecular formula is C14H18O5. The quantitative estimate of drug-likeness (QED) is 0.633. The molecule has 0 aliphatic rings. The van der Waals surface area contributed by atoms with Gasteiger partial charge in [-0.25, -0.2) is 9.59 Å². The summed E-state index contributed by atoms with van der Waals surface area (Å²) in [5, 5.41) is 9.17. The van der Waals surface area contributed by atoms with E-state index in [4.69, 9.17) is 9.84 Å². The first-order valence-corrected chi connectivity index (χ1v) is 6.10. The number of aromatic carboxylic acids is 1. The van der Waals surface area contributed by atoms with Crippen LogP contribution in [0.2, 0.25) is 0 Å². The van der Waals surface area contributed by atoms with Crippen molar-refractivity contribution in [2.75, 3.05) is 13.7 Å². The minimum absolute atomic E-state index is 0.0674. The zero-order valence-corrected chi connectivity index (χ0v) is 11.4. The summed E-state index contributed by atoms with van der Waals surface area (Å²) in [6.07, 6.45) is 1.88. The van der Waals surface area contributed by atoms with Gasteiger partial charge in [-0.2, -0.15) is 0 Å². The van der Waals surface area contributed by atoms with Crippen LogP contribution in [0.4, 0.5) is 0 Å². The van der Waals surface area contributed by atoms with Crippen LogP contribution in [0, 0.1) is 6.92 Å². The summed E-state index contributed by atoms with van der Waals surface area (Å²) in [6, 6.07) is 3.01. The van der Waals surface area contributed by atoms with Crippen LogP contribution in [0.25, 0.3) is 0 Å². The van der Waals surface area contributed by atoms with Gasteiger partial charge in [-0.15, -0.1) is 0 Å². The molecule has 0 spiro atoms. The number of methoxy groups -OCH3 is 1. The van der Waals surface area contributed by atoms with E-state index in [1.54, 1.807) is 13.0 Å². The number of carboxylic acids is 1. The van der Waals surface area contributed by atoms with Crippen LogP contribution in [0.15, 0.2) is 12.1 Å². The zero-order valence-electron chi connectivity index (χ0n) is 11.4. The molecule has 0 atom stereocenters. The molecule has 1 aromatic rings. The van der Waals surface area contributed by atoms with E-state index in [1.165, 1.54) is 13.2 Å². The number of carbonyl (C=O) groups is 2. The Hall–Kier alpha value is -2.04. The number of esters is 1. The number of aryl methyl sites for hydroxylation is 1. The van der Waals surface area contributed by atoms with Gasteiger partial charge in [-0.05, 0) is 31.0 Å². The Bertz CT molecular complexity index is 479. The number of hydrogen-bond donors (Lipinski definition) is 1. The van der Waals surface area contributed by atoms with Crippen molar-refractivity contribution in [3.63, 3.8) is 0 Å². The normalized spacial score (nSPS) is 10.1. The molecule has 19 heavy (non-hydrogen) atoms. The average molecular weight is 266 g/mol. The second-order valence-electron chi connectivity index (χ2n) is 4.16. The van der Waals surface area contributed by atoms with Crippen LogP contribution < -0.4 is 4.74 Å². The number of unbranched alkanes of at least 4 members (excludes halogenated alkanes) is 1. The lowest BCUT2D eigenvalue weighted by atomic mass is 10.0. The fourth-order valence-electron chi connectivity index (χ4n) is 1.71. The van der Waals surface area contributed by atoms with E-state index >= 15 is 0 Å². The Morgan fingerprint density at radius 2 is 2.00 bits per heavy atom. The van der Waals surface area contributed by atoms with Gasteiger partial charge >= 0.3 is 11.9 Å². The van der Waals surface area contributed by atoms with Gasteiger partial charge in [0.25, 0.3) is 0 Å². The highest BCUT2D eigenvalue weighted by molar-refractivity contribution is 6.03. The standard InChI is InChI=1S/C14H18O5/c1-4-5-6-19-10-7-9(2)12(14(17)18-3)11(8-10)13(15)16/h7-8H,4-6H2,1-3H3,(H,15,16). The van der Waals surface area contributed by atoms with Gasteiger partial charge in [0.2, 0.25) is 0 Å². The van der Waals surface area contributed by atoms with Crippen molar-refractivity contribution in [3.05, 3.63) is 28.8 Å². The molecular weight excluding hydrogens is 248 g/mol. The van der Waals surface area contributed by atoms with E-state index in [9.17, 15) is 9.59 Å². The van der Waals surface area contributed by atoms with Crippen LogP contribution in [0.3, 0.4) is 0 Å². The van der Waals surface area contributed by atoms with Crippen molar-refractivity contribution in [1.82, 2.24) is 0 Å². The lowest BCUT2D eigenvalue weighted by Gasteiger charge is -2.12. The summed E-state index contributed by atoms with van der Waals surface area (Å²) >= 11 is 0. The third-order valence-corrected chi connectivity index (χ3v) is 2.70. The summed E-state index contributed by atoms with van der Waals surface area (Å²) in [7, 11) is 1.22. The minimum atomic E-state index is -1.18. The molecule has 0 saturated heterocycles. The van der Waals surface area contributed by atoms with E-state index in [0.717, 1.165) is 12.8 Å². The highest BCUT2D eigenvalue weighted by atomic mass is 16.5. The summed E-state index contributed by atoms with van der Waals surface area (Å²) < 4.78 is 10.1. The second kappa shape index (κ2) is 6.78. The summed E-state index contributed by atoms with van der Waals surface area (Å²) in [6.45, 7) is 4.22. The van der Waals surface area contributed by atoms with Gasteiger partial charge in [0.15, 0.2) is 0 Å². The van der Waals surface area contributed by atoms with Crippen LogP contribution in [0.1, 0.15) is 46.0 Å². The monoisotopic (exact) mass is 266 g/mol. The Kier molecular flexibility index (Phi) is 5.36. The Morgan fingerprint density at radius 1 is 1.32 bits per heavy atom. The number of ether oxygens (including phenoxy) is 2. The molecule has 1 aromatic carbocycles. The van der Waals surface area contributed by atoms with Crippen molar-refractivity contribution < 1.29 is 24.2 Å². The van der Waals surface area contributed by atoms with E-state index < -0.39 is 11.9 Å². The highest BCUT2D eigenvalue weighted by Gasteiger charge is 2.21. The van der Waals surface area contributed by atoms with Crippen LogP contribution in [-0.2, 0) is 4.74 Å². The number of carboxylic acid groups (broad SMARTS) is 1. The predicted molar refractivity (Wildman–Crippen MR) is 69.9 cm³/mol. The molecule has 0 amide bonds. The van der Waals surface area contributed by atoms with E-state index in [0.29, 0.717) is 17.9 Å². The molecule has 0 fully saturated rings. The molecule has 5 nitrogen and oxygen atoms in total. The Morgan fingerprint density at radius 3 is 2.53 bits per heavy atom. The first-order valence-electron chi connectivity index (χ1n) is 6.10. The Labute approximate surface area is 112 Å². The smallest absolute Gasteiger partial charge is 0.339 e. The molecule has 0 radical (unpaired) electrons. The van der Waals surface area contributed by atoms with Crippen molar-refractivity contribution in [2.45, 2.75) is 26.7 Å². The molecule has 0 bridgehead atoms. The fourth-order valence-corrected chi connectivity index (χ4v) is 1.71. The van der Waals surface area contributed by atoms with E-state index in [1.807, 2.05) is 6.92 Å². The van der Waals surface area contributed by atoms with Gasteiger partial charge < -0.3 is 14.6 Å². The van der Waals surface area contributed by atoms with Gasteiger partial charge in [0.1, 0.15) is 5.75 Å². The third-order valence-electron chi connectivity index (χ3n) is 2.70. The van der Waals surface area contributed by atoms with E-state index in [2.05, 4.69) is 4.74 Å². The third kappa shape index (κ3) is 3.71. The molecule has 0 heterocycles. The molecule has 1 N–H and O–H groups in total.